The molecule has 2 N–H and O–H groups in total. The van der Waals surface area contributed by atoms with E-state index in [1.165, 1.54) is 18.2 Å². The van der Waals surface area contributed by atoms with Gasteiger partial charge in [0, 0.05) is 36.5 Å². The first-order valence-electron chi connectivity index (χ1n) is 8.77. The standard InChI is InChI=1S/C19H19ClN4O4/c1-12(19(26)22-13-4-2-5-15(10-13)24(27)28)21-14-7-8-17(16(20)11-14)23-9-3-6-18(23)25/h2,4-5,7-8,10-12,21H,3,6,9H2,1H3,(H,22,26). The molecule has 0 aliphatic carbocycles. The van der Waals surface area contributed by atoms with E-state index in [4.69, 9.17) is 11.6 Å². The highest BCUT2D eigenvalue weighted by molar-refractivity contribution is 6.34. The summed E-state index contributed by atoms with van der Waals surface area (Å²) in [6.07, 6.45) is 1.33. The van der Waals surface area contributed by atoms with E-state index in [0.717, 1.165) is 6.42 Å². The molecule has 1 aliphatic heterocycles. The summed E-state index contributed by atoms with van der Waals surface area (Å²) in [5, 5.41) is 16.9. The van der Waals surface area contributed by atoms with Crippen LogP contribution in [0.15, 0.2) is 42.5 Å². The molecular weight excluding hydrogens is 384 g/mol. The SMILES string of the molecule is CC(Nc1ccc(N2CCCC2=O)c(Cl)c1)C(=O)Nc1cccc([N+](=O)[O-])c1. The molecule has 2 aromatic carbocycles. The smallest absolute Gasteiger partial charge is 0.271 e. The summed E-state index contributed by atoms with van der Waals surface area (Å²) in [6, 6.07) is 10.3. The Hall–Kier alpha value is -3.13. The van der Waals surface area contributed by atoms with Gasteiger partial charge in [-0.2, -0.15) is 0 Å². The molecule has 0 spiro atoms. The maximum Gasteiger partial charge on any atom is 0.271 e. The third kappa shape index (κ3) is 4.40. The normalized spacial score (nSPS) is 14.6. The molecule has 2 aromatic rings. The quantitative estimate of drug-likeness (QED) is 0.564. The third-order valence-corrected chi connectivity index (χ3v) is 4.72. The van der Waals surface area contributed by atoms with Gasteiger partial charge in [-0.1, -0.05) is 17.7 Å². The van der Waals surface area contributed by atoms with E-state index < -0.39 is 11.0 Å². The summed E-state index contributed by atoms with van der Waals surface area (Å²) in [4.78, 5) is 36.2. The van der Waals surface area contributed by atoms with Crippen LogP contribution in [-0.4, -0.2) is 29.3 Å². The Labute approximate surface area is 166 Å². The molecule has 1 aliphatic rings. The van der Waals surface area contributed by atoms with Crippen molar-refractivity contribution in [3.05, 3.63) is 57.6 Å². The molecule has 146 valence electrons. The fourth-order valence-corrected chi connectivity index (χ4v) is 3.26. The van der Waals surface area contributed by atoms with Crippen LogP contribution in [0.2, 0.25) is 5.02 Å². The van der Waals surface area contributed by atoms with Crippen LogP contribution in [0.25, 0.3) is 0 Å². The van der Waals surface area contributed by atoms with Crippen molar-refractivity contribution in [3.63, 3.8) is 0 Å². The highest BCUT2D eigenvalue weighted by Gasteiger charge is 2.24. The molecule has 28 heavy (non-hydrogen) atoms. The molecular formula is C19H19ClN4O4. The van der Waals surface area contributed by atoms with Gasteiger partial charge in [0.25, 0.3) is 5.69 Å². The number of non-ortho nitro benzene ring substituents is 1. The minimum atomic E-state index is -0.616. The average Bonchev–Trinajstić information content (AvgIpc) is 3.07. The lowest BCUT2D eigenvalue weighted by Crippen LogP contribution is -2.32. The van der Waals surface area contributed by atoms with Gasteiger partial charge in [0.15, 0.2) is 0 Å². The Morgan fingerprint density at radius 2 is 2.04 bits per heavy atom. The van der Waals surface area contributed by atoms with Gasteiger partial charge in [0.05, 0.1) is 15.6 Å². The second kappa shape index (κ2) is 8.26. The Bertz CT molecular complexity index is 934. The molecule has 0 bridgehead atoms. The second-order valence-electron chi connectivity index (χ2n) is 6.48. The van der Waals surface area contributed by atoms with Crippen molar-refractivity contribution in [3.8, 4) is 0 Å². The van der Waals surface area contributed by atoms with Crippen molar-refractivity contribution in [1.29, 1.82) is 0 Å². The Balaban J connectivity index is 1.65. The van der Waals surface area contributed by atoms with Crippen molar-refractivity contribution in [2.45, 2.75) is 25.8 Å². The van der Waals surface area contributed by atoms with Crippen LogP contribution in [0.5, 0.6) is 0 Å². The largest absolute Gasteiger partial charge is 0.374 e. The van der Waals surface area contributed by atoms with E-state index >= 15 is 0 Å². The van der Waals surface area contributed by atoms with Crippen LogP contribution in [0.4, 0.5) is 22.7 Å². The number of carbonyl (C=O) groups excluding carboxylic acids is 2. The Morgan fingerprint density at radius 1 is 1.25 bits per heavy atom. The fourth-order valence-electron chi connectivity index (χ4n) is 2.98. The van der Waals surface area contributed by atoms with Crippen molar-refractivity contribution >= 4 is 46.2 Å². The van der Waals surface area contributed by atoms with E-state index in [-0.39, 0.29) is 17.5 Å². The zero-order valence-electron chi connectivity index (χ0n) is 15.1. The van der Waals surface area contributed by atoms with Gasteiger partial charge in [-0.05, 0) is 37.6 Å². The first kappa shape index (κ1) is 19.6. The Morgan fingerprint density at radius 3 is 2.68 bits per heavy atom. The van der Waals surface area contributed by atoms with Gasteiger partial charge >= 0.3 is 0 Å². The lowest BCUT2D eigenvalue weighted by molar-refractivity contribution is -0.384. The summed E-state index contributed by atoms with van der Waals surface area (Å²) in [5.41, 5.74) is 1.52. The van der Waals surface area contributed by atoms with Gasteiger partial charge in [0.1, 0.15) is 6.04 Å². The summed E-state index contributed by atoms with van der Waals surface area (Å²) >= 11 is 6.32. The van der Waals surface area contributed by atoms with Gasteiger partial charge in [0.2, 0.25) is 11.8 Å². The van der Waals surface area contributed by atoms with Crippen molar-refractivity contribution in [1.82, 2.24) is 0 Å². The van der Waals surface area contributed by atoms with Gasteiger partial charge in [-0.15, -0.1) is 0 Å². The maximum atomic E-state index is 12.4. The number of halogens is 1. The molecule has 1 unspecified atom stereocenters. The van der Waals surface area contributed by atoms with Crippen LogP contribution >= 0.6 is 11.6 Å². The van der Waals surface area contributed by atoms with Crippen LogP contribution in [-0.2, 0) is 9.59 Å². The number of nitro benzene ring substituents is 1. The minimum absolute atomic E-state index is 0.0484. The monoisotopic (exact) mass is 402 g/mol. The predicted molar refractivity (Wildman–Crippen MR) is 108 cm³/mol. The topological polar surface area (TPSA) is 105 Å². The number of amides is 2. The third-order valence-electron chi connectivity index (χ3n) is 4.41. The van der Waals surface area contributed by atoms with Crippen molar-refractivity contribution < 1.29 is 14.5 Å². The van der Waals surface area contributed by atoms with E-state index in [0.29, 0.717) is 35.1 Å². The molecule has 8 nitrogen and oxygen atoms in total. The van der Waals surface area contributed by atoms with Gasteiger partial charge in [-0.3, -0.25) is 19.7 Å². The molecule has 1 fully saturated rings. The Kier molecular flexibility index (Phi) is 5.79. The number of nitrogens with one attached hydrogen (secondary N) is 2. The number of hydrogen-bond donors (Lipinski definition) is 2. The second-order valence-corrected chi connectivity index (χ2v) is 6.89. The van der Waals surface area contributed by atoms with Crippen molar-refractivity contribution in [2.24, 2.45) is 0 Å². The van der Waals surface area contributed by atoms with Crippen molar-refractivity contribution in [2.75, 3.05) is 22.1 Å². The van der Waals surface area contributed by atoms with Gasteiger partial charge in [-0.25, -0.2) is 0 Å². The predicted octanol–water partition coefficient (Wildman–Crippen LogP) is 3.81. The summed E-state index contributed by atoms with van der Waals surface area (Å²) < 4.78 is 0. The molecule has 1 saturated heterocycles. The van der Waals surface area contributed by atoms with E-state index in [2.05, 4.69) is 10.6 Å². The molecule has 2 amide bonds. The van der Waals surface area contributed by atoms with Crippen LogP contribution in [0.1, 0.15) is 19.8 Å². The van der Waals surface area contributed by atoms with Crippen LogP contribution in [0, 0.1) is 10.1 Å². The number of hydrogen-bond acceptors (Lipinski definition) is 5. The summed E-state index contributed by atoms with van der Waals surface area (Å²) in [7, 11) is 0. The minimum Gasteiger partial charge on any atom is -0.374 e. The molecule has 1 heterocycles. The number of nitrogens with zero attached hydrogens (tertiary/aromatic N) is 2. The highest BCUT2D eigenvalue weighted by Crippen LogP contribution is 2.32. The summed E-state index contributed by atoms with van der Waals surface area (Å²) in [6.45, 7) is 2.31. The van der Waals surface area contributed by atoms with Crippen LogP contribution in [0.3, 0.4) is 0 Å². The highest BCUT2D eigenvalue weighted by atomic mass is 35.5. The average molecular weight is 403 g/mol. The lowest BCUT2D eigenvalue weighted by atomic mass is 10.2. The zero-order chi connectivity index (χ0) is 20.3. The first-order valence-corrected chi connectivity index (χ1v) is 9.15. The molecule has 3 rings (SSSR count). The number of anilines is 3. The molecule has 1 atom stereocenters. The van der Waals surface area contributed by atoms with E-state index in [1.54, 1.807) is 36.1 Å². The van der Waals surface area contributed by atoms with Crippen LogP contribution < -0.4 is 15.5 Å². The maximum absolute atomic E-state index is 12.4. The first-order chi connectivity index (χ1) is 13.3. The zero-order valence-corrected chi connectivity index (χ0v) is 15.9. The van der Waals surface area contributed by atoms with E-state index in [1.807, 2.05) is 0 Å². The number of rotatable bonds is 6. The molecule has 9 heteroatoms. The van der Waals surface area contributed by atoms with E-state index in [9.17, 15) is 19.7 Å². The summed E-state index contributed by atoms with van der Waals surface area (Å²) in [5.74, 6) is -0.303. The molecule has 0 aromatic heterocycles. The number of carbonyl (C=O) groups is 2. The molecule has 0 saturated carbocycles. The fraction of sp³-hybridized carbons (Fsp3) is 0.263. The molecule has 0 radical (unpaired) electrons. The lowest BCUT2D eigenvalue weighted by Gasteiger charge is -2.20. The number of benzene rings is 2. The number of nitro groups is 1. The van der Waals surface area contributed by atoms with Gasteiger partial charge < -0.3 is 15.5 Å².